The minimum absolute atomic E-state index is 0. The number of pyridine rings is 1. The van der Waals surface area contributed by atoms with Crippen LogP contribution in [0.25, 0.3) is 16.6 Å². The first-order valence-electron chi connectivity index (χ1n) is 11.9. The maximum Gasteiger partial charge on any atom is 0.158 e. The van der Waals surface area contributed by atoms with Crippen LogP contribution in [0.15, 0.2) is 61.3 Å². The first-order chi connectivity index (χ1) is 17.7. The Kier molecular flexibility index (Phi) is 5.90. The van der Waals surface area contributed by atoms with Crippen LogP contribution in [0.2, 0.25) is 0 Å². The van der Waals surface area contributed by atoms with Gasteiger partial charge in [-0.1, -0.05) is 0 Å². The Morgan fingerprint density at radius 2 is 2.03 bits per heavy atom. The third-order valence-corrected chi connectivity index (χ3v) is 6.67. The number of anilines is 3. The van der Waals surface area contributed by atoms with Gasteiger partial charge >= 0.3 is 0 Å². The van der Waals surface area contributed by atoms with E-state index in [4.69, 9.17) is 9.47 Å². The summed E-state index contributed by atoms with van der Waals surface area (Å²) in [7, 11) is 0. The van der Waals surface area contributed by atoms with Gasteiger partial charge in [0.2, 0.25) is 0 Å². The molecular weight excluding hydrogens is 492 g/mol. The highest BCUT2D eigenvalue weighted by atomic mass is 35.5. The normalized spacial score (nSPS) is 16.5. The van der Waals surface area contributed by atoms with Gasteiger partial charge in [-0.3, -0.25) is 0 Å². The van der Waals surface area contributed by atoms with E-state index in [9.17, 15) is 0 Å². The number of aromatic nitrogens is 5. The summed E-state index contributed by atoms with van der Waals surface area (Å²) in [5, 5.41) is 12.1. The summed E-state index contributed by atoms with van der Waals surface area (Å²) in [6.45, 7) is 5.50. The van der Waals surface area contributed by atoms with Crippen molar-refractivity contribution < 1.29 is 9.47 Å². The molecule has 0 aliphatic carbocycles. The van der Waals surface area contributed by atoms with Crippen molar-refractivity contribution >= 4 is 46.1 Å². The largest absolute Gasteiger partial charge is 0.490 e. The third-order valence-electron chi connectivity index (χ3n) is 6.67. The van der Waals surface area contributed by atoms with Gasteiger partial charge in [-0.15, -0.1) is 12.4 Å². The molecule has 10 nitrogen and oxygen atoms in total. The molecule has 37 heavy (non-hydrogen) atoms. The summed E-state index contributed by atoms with van der Waals surface area (Å²) >= 11 is 0. The predicted molar refractivity (Wildman–Crippen MR) is 144 cm³/mol. The zero-order valence-electron chi connectivity index (χ0n) is 20.1. The van der Waals surface area contributed by atoms with Crippen molar-refractivity contribution in [3.8, 4) is 17.2 Å². The van der Waals surface area contributed by atoms with Gasteiger partial charge in [0.1, 0.15) is 42.3 Å². The van der Waals surface area contributed by atoms with Gasteiger partial charge in [0, 0.05) is 49.0 Å². The Morgan fingerprint density at radius 3 is 2.95 bits per heavy atom. The van der Waals surface area contributed by atoms with E-state index in [0.29, 0.717) is 18.4 Å². The first kappa shape index (κ1) is 23.3. The van der Waals surface area contributed by atoms with E-state index in [1.54, 1.807) is 10.8 Å². The Morgan fingerprint density at radius 1 is 1.08 bits per heavy atom. The van der Waals surface area contributed by atoms with Crippen LogP contribution >= 0.6 is 12.4 Å². The van der Waals surface area contributed by atoms with Gasteiger partial charge < -0.3 is 25.0 Å². The molecule has 1 saturated heterocycles. The molecule has 3 aromatic heterocycles. The number of benzene rings is 2. The van der Waals surface area contributed by atoms with Gasteiger partial charge in [0.05, 0.1) is 17.2 Å². The molecule has 1 atom stereocenters. The van der Waals surface area contributed by atoms with Crippen LogP contribution in [0.3, 0.4) is 0 Å². The summed E-state index contributed by atoms with van der Waals surface area (Å²) in [6, 6.07) is 14.2. The van der Waals surface area contributed by atoms with Crippen LogP contribution in [-0.2, 0) is 0 Å². The van der Waals surface area contributed by atoms with Crippen molar-refractivity contribution in [1.82, 2.24) is 29.9 Å². The highest BCUT2D eigenvalue weighted by Crippen LogP contribution is 2.38. The Labute approximate surface area is 219 Å². The number of nitrogens with zero attached hydrogens (tertiary/aromatic N) is 6. The molecule has 11 heteroatoms. The van der Waals surface area contributed by atoms with Gasteiger partial charge in [-0.2, -0.15) is 5.10 Å². The SMILES string of the molecule is Cc1cc(Nc2ncnc3cc4c(cc23)N2CCN[C@@H](CO4)C2)ccc1Oc1ccn2ncnc2c1.Cl. The predicted octanol–water partition coefficient (Wildman–Crippen LogP) is 4.11. The molecule has 0 radical (unpaired) electrons. The lowest BCUT2D eigenvalue weighted by atomic mass is 10.1. The van der Waals surface area contributed by atoms with E-state index in [1.807, 2.05) is 49.5 Å². The molecule has 0 amide bonds. The molecule has 5 aromatic rings. The smallest absolute Gasteiger partial charge is 0.158 e. The molecule has 2 bridgehead atoms. The first-order valence-corrected chi connectivity index (χ1v) is 11.9. The van der Waals surface area contributed by atoms with E-state index in [2.05, 4.69) is 41.7 Å². The Balaban J connectivity index is 0.00000252. The molecule has 0 unspecified atom stereocenters. The van der Waals surface area contributed by atoms with Crippen molar-refractivity contribution in [1.29, 1.82) is 0 Å². The highest BCUT2D eigenvalue weighted by Gasteiger charge is 2.27. The van der Waals surface area contributed by atoms with Crippen molar-refractivity contribution in [3.05, 3.63) is 66.9 Å². The molecule has 0 spiro atoms. The second-order valence-electron chi connectivity index (χ2n) is 9.10. The number of halogens is 1. The maximum atomic E-state index is 6.12. The van der Waals surface area contributed by atoms with Crippen LogP contribution in [-0.4, -0.2) is 56.8 Å². The summed E-state index contributed by atoms with van der Waals surface area (Å²) in [4.78, 5) is 15.7. The molecular formula is C26H25ClN8O2. The van der Waals surface area contributed by atoms with Gasteiger partial charge in [0.15, 0.2) is 5.65 Å². The maximum absolute atomic E-state index is 6.12. The molecule has 2 aliphatic heterocycles. The average molecular weight is 517 g/mol. The summed E-state index contributed by atoms with van der Waals surface area (Å²) < 4.78 is 13.9. The lowest BCUT2D eigenvalue weighted by Gasteiger charge is -2.32. The molecule has 1 fully saturated rings. The Hall–Kier alpha value is -4.15. The molecule has 188 valence electrons. The van der Waals surface area contributed by atoms with Crippen LogP contribution in [0.1, 0.15) is 5.56 Å². The Bertz CT molecular complexity index is 1610. The fourth-order valence-corrected chi connectivity index (χ4v) is 4.85. The number of aryl methyl sites for hydroxylation is 1. The number of piperazine rings is 1. The number of nitrogens with one attached hydrogen (secondary N) is 2. The van der Waals surface area contributed by atoms with Crippen molar-refractivity contribution in [3.63, 3.8) is 0 Å². The lowest BCUT2D eigenvalue weighted by molar-refractivity contribution is 0.271. The average Bonchev–Trinajstić information content (AvgIpc) is 3.33. The van der Waals surface area contributed by atoms with Crippen molar-refractivity contribution in [2.24, 2.45) is 0 Å². The van der Waals surface area contributed by atoms with E-state index in [1.165, 1.54) is 6.33 Å². The zero-order valence-corrected chi connectivity index (χ0v) is 20.9. The fraction of sp³-hybridized carbons (Fsp3) is 0.231. The number of hydrogen-bond donors (Lipinski definition) is 2. The topological polar surface area (TPSA) is 102 Å². The minimum atomic E-state index is 0. The lowest BCUT2D eigenvalue weighted by Crippen LogP contribution is -2.51. The van der Waals surface area contributed by atoms with Crippen LogP contribution in [0, 0.1) is 6.92 Å². The third kappa shape index (κ3) is 4.34. The molecule has 7 rings (SSSR count). The minimum Gasteiger partial charge on any atom is -0.490 e. The molecule has 2 aliphatic rings. The number of ether oxygens (including phenoxy) is 2. The highest BCUT2D eigenvalue weighted by molar-refractivity contribution is 5.95. The monoisotopic (exact) mass is 516 g/mol. The zero-order chi connectivity index (χ0) is 24.1. The molecule has 0 saturated carbocycles. The molecule has 2 N–H and O–H groups in total. The number of fused-ring (bicyclic) bond motifs is 6. The second-order valence-corrected chi connectivity index (χ2v) is 9.10. The van der Waals surface area contributed by atoms with Crippen molar-refractivity contribution in [2.45, 2.75) is 13.0 Å². The quantitative estimate of drug-likeness (QED) is 0.365. The van der Waals surface area contributed by atoms with E-state index >= 15 is 0 Å². The summed E-state index contributed by atoms with van der Waals surface area (Å²) in [5.41, 5.74) is 4.58. The van der Waals surface area contributed by atoms with Crippen LogP contribution < -0.4 is 25.0 Å². The van der Waals surface area contributed by atoms with Gasteiger partial charge in [-0.25, -0.2) is 19.5 Å². The molecule has 2 aromatic carbocycles. The second kappa shape index (κ2) is 9.38. The van der Waals surface area contributed by atoms with Crippen molar-refractivity contribution in [2.75, 3.05) is 36.5 Å². The number of rotatable bonds is 4. The number of hydrogen-bond acceptors (Lipinski definition) is 9. The van der Waals surface area contributed by atoms with Crippen LogP contribution in [0.5, 0.6) is 17.2 Å². The van der Waals surface area contributed by atoms with Crippen LogP contribution in [0.4, 0.5) is 17.2 Å². The van der Waals surface area contributed by atoms with E-state index in [-0.39, 0.29) is 12.4 Å². The molecule has 5 heterocycles. The van der Waals surface area contributed by atoms with Gasteiger partial charge in [0.25, 0.3) is 0 Å². The standard InChI is InChI=1S/C26H24N8O2.ClH/c1-16-8-17(2-3-23(16)36-19-4-6-34-25(9-19)29-15-31-34)32-26-20-10-22-24(11-21(20)28-14-30-26)35-13-18-12-33(22)7-5-27-18;/h2-4,6,8-11,14-15,18,27H,5,7,12-13H2,1H3,(H,28,30,32);1H/t18-;/m1./s1. The fourth-order valence-electron chi connectivity index (χ4n) is 4.85. The summed E-state index contributed by atoms with van der Waals surface area (Å²) in [6.07, 6.45) is 4.93. The van der Waals surface area contributed by atoms with Gasteiger partial charge in [-0.05, 0) is 42.8 Å². The summed E-state index contributed by atoms with van der Waals surface area (Å²) in [5.74, 6) is 3.11. The van der Waals surface area contributed by atoms with E-state index in [0.717, 1.165) is 70.4 Å². The van der Waals surface area contributed by atoms with E-state index < -0.39 is 0 Å².